The lowest BCUT2D eigenvalue weighted by Crippen LogP contribution is -1.93. The van der Waals surface area contributed by atoms with Gasteiger partial charge in [-0.25, -0.2) is 0 Å². The van der Waals surface area contributed by atoms with E-state index < -0.39 is 0 Å². The molecule has 0 amide bonds. The highest BCUT2D eigenvalue weighted by Crippen LogP contribution is 2.41. The maximum Gasteiger partial charge on any atom is 0.0547 e. The molecule has 0 radical (unpaired) electrons. The molecule has 0 spiro atoms. The van der Waals surface area contributed by atoms with Crippen molar-refractivity contribution in [2.75, 3.05) is 0 Å². The monoisotopic (exact) mass is 413 g/mol. The Morgan fingerprint density at radius 1 is 0.581 bits per heavy atom. The van der Waals surface area contributed by atoms with Crippen molar-refractivity contribution in [1.82, 2.24) is 4.57 Å². The number of hydrogen-bond acceptors (Lipinski definition) is 1. The van der Waals surface area contributed by atoms with Crippen LogP contribution in [0.2, 0.25) is 0 Å². The predicted molar refractivity (Wildman–Crippen MR) is 136 cm³/mol. The van der Waals surface area contributed by atoms with Crippen molar-refractivity contribution in [3.63, 3.8) is 0 Å². The Balaban J connectivity index is 1.68. The first-order valence-corrected chi connectivity index (χ1v) is 11.4. The van der Waals surface area contributed by atoms with Gasteiger partial charge in [-0.1, -0.05) is 66.2 Å². The molecular formula is C29H19NS. The highest BCUT2D eigenvalue weighted by atomic mass is 32.1. The van der Waals surface area contributed by atoms with Crippen LogP contribution in [0.15, 0.2) is 97.1 Å². The van der Waals surface area contributed by atoms with Crippen LogP contribution in [0.4, 0.5) is 0 Å². The van der Waals surface area contributed by atoms with Crippen LogP contribution in [0.25, 0.3) is 58.4 Å². The number of hydrogen-bond donors (Lipinski definition) is 0. The molecule has 0 N–H and O–H groups in total. The van der Waals surface area contributed by atoms with E-state index in [1.54, 1.807) is 0 Å². The molecule has 0 aliphatic heterocycles. The van der Waals surface area contributed by atoms with Crippen molar-refractivity contribution in [2.45, 2.75) is 6.92 Å². The largest absolute Gasteiger partial charge is 0.309 e. The number of para-hydroxylation sites is 1. The van der Waals surface area contributed by atoms with Crippen molar-refractivity contribution < 1.29 is 0 Å². The second kappa shape index (κ2) is 6.19. The summed E-state index contributed by atoms with van der Waals surface area (Å²) in [5.41, 5.74) is 5.01. The first-order chi connectivity index (χ1) is 15.3. The third-order valence-corrected chi connectivity index (χ3v) is 7.66. The Morgan fingerprint density at radius 2 is 1.35 bits per heavy atom. The first-order valence-electron chi connectivity index (χ1n) is 10.6. The molecule has 31 heavy (non-hydrogen) atoms. The fourth-order valence-corrected chi connectivity index (χ4v) is 6.17. The van der Waals surface area contributed by atoms with Crippen LogP contribution in [-0.4, -0.2) is 4.57 Å². The van der Waals surface area contributed by atoms with Gasteiger partial charge in [-0.2, -0.15) is 0 Å². The molecule has 0 aliphatic rings. The second-order valence-corrected chi connectivity index (χ2v) is 9.37. The van der Waals surface area contributed by atoms with Gasteiger partial charge in [0, 0.05) is 42.0 Å². The van der Waals surface area contributed by atoms with Crippen LogP contribution in [0.5, 0.6) is 0 Å². The Hall–Kier alpha value is -3.62. The highest BCUT2D eigenvalue weighted by molar-refractivity contribution is 7.26. The maximum atomic E-state index is 2.41. The van der Waals surface area contributed by atoms with E-state index in [4.69, 9.17) is 0 Å². The molecule has 146 valence electrons. The van der Waals surface area contributed by atoms with E-state index in [-0.39, 0.29) is 0 Å². The number of nitrogens with zero attached hydrogens (tertiary/aromatic N) is 1. The van der Waals surface area contributed by atoms with E-state index in [9.17, 15) is 0 Å². The molecule has 2 heteroatoms. The van der Waals surface area contributed by atoms with Crippen LogP contribution in [0, 0.1) is 6.92 Å². The average Bonchev–Trinajstić information content (AvgIpc) is 3.34. The van der Waals surface area contributed by atoms with Crippen molar-refractivity contribution >= 4 is 64.1 Å². The topological polar surface area (TPSA) is 4.93 Å². The van der Waals surface area contributed by atoms with Gasteiger partial charge in [-0.05, 0) is 48.7 Å². The third kappa shape index (κ3) is 2.37. The van der Waals surface area contributed by atoms with E-state index in [2.05, 4.69) is 109 Å². The van der Waals surface area contributed by atoms with Gasteiger partial charge in [0.1, 0.15) is 0 Å². The lowest BCUT2D eigenvalue weighted by atomic mass is 10.0. The van der Waals surface area contributed by atoms with E-state index in [0.29, 0.717) is 0 Å². The van der Waals surface area contributed by atoms with Gasteiger partial charge in [-0.15, -0.1) is 11.3 Å². The zero-order valence-corrected chi connectivity index (χ0v) is 17.9. The maximum absolute atomic E-state index is 2.41. The summed E-state index contributed by atoms with van der Waals surface area (Å²) in [6.45, 7) is 2.14. The van der Waals surface area contributed by atoms with Gasteiger partial charge < -0.3 is 4.57 Å². The zero-order chi connectivity index (χ0) is 20.5. The second-order valence-electron chi connectivity index (χ2n) is 8.32. The van der Waals surface area contributed by atoms with Crippen molar-refractivity contribution in [3.05, 3.63) is 103 Å². The number of aryl methyl sites for hydroxylation is 1. The molecule has 1 nitrogen and oxygen atoms in total. The van der Waals surface area contributed by atoms with E-state index >= 15 is 0 Å². The fourth-order valence-electron chi connectivity index (χ4n) is 4.94. The third-order valence-electron chi connectivity index (χ3n) is 6.44. The Labute approximate surface area is 183 Å². The number of rotatable bonds is 1. The van der Waals surface area contributed by atoms with Gasteiger partial charge in [-0.3, -0.25) is 0 Å². The molecule has 0 fully saturated rings. The average molecular weight is 414 g/mol. The van der Waals surface area contributed by atoms with Crippen LogP contribution in [0.3, 0.4) is 0 Å². The fraction of sp³-hybridized carbons (Fsp3) is 0.0345. The standard InChI is InChI=1S/C29H19NS/c1-18-10-13-20(14-11-18)30-26-8-4-2-6-21(26)25-16-19-12-15-23-22-7-3-5-9-28(22)31-29(23)24(19)17-27(25)30/h2-17H,1H3. The van der Waals surface area contributed by atoms with Crippen LogP contribution < -0.4 is 0 Å². The van der Waals surface area contributed by atoms with Gasteiger partial charge in [0.15, 0.2) is 0 Å². The van der Waals surface area contributed by atoms with Crippen LogP contribution in [0.1, 0.15) is 5.56 Å². The molecule has 0 unspecified atom stereocenters. The smallest absolute Gasteiger partial charge is 0.0547 e. The normalized spacial score (nSPS) is 12.0. The molecule has 0 atom stereocenters. The summed E-state index contributed by atoms with van der Waals surface area (Å²) in [4.78, 5) is 0. The minimum absolute atomic E-state index is 1.21. The van der Waals surface area contributed by atoms with Gasteiger partial charge in [0.2, 0.25) is 0 Å². The molecule has 2 aromatic heterocycles. The molecule has 0 saturated heterocycles. The highest BCUT2D eigenvalue weighted by Gasteiger charge is 2.15. The molecule has 0 aliphatic carbocycles. The summed E-state index contributed by atoms with van der Waals surface area (Å²) in [5.74, 6) is 0. The molecule has 0 saturated carbocycles. The van der Waals surface area contributed by atoms with Crippen molar-refractivity contribution in [3.8, 4) is 5.69 Å². The first kappa shape index (κ1) is 17.1. The molecule has 7 aromatic rings. The van der Waals surface area contributed by atoms with E-state index in [1.165, 1.54) is 64.0 Å². The molecule has 7 rings (SSSR count). The minimum atomic E-state index is 1.21. The molecular weight excluding hydrogens is 394 g/mol. The summed E-state index contributed by atoms with van der Waals surface area (Å²) in [6.07, 6.45) is 0. The number of aromatic nitrogens is 1. The quantitative estimate of drug-likeness (QED) is 0.254. The summed E-state index contributed by atoms with van der Waals surface area (Å²) in [7, 11) is 0. The van der Waals surface area contributed by atoms with Crippen molar-refractivity contribution in [2.24, 2.45) is 0 Å². The summed E-state index contributed by atoms with van der Waals surface area (Å²) in [6, 6.07) is 35.7. The van der Waals surface area contributed by atoms with Crippen molar-refractivity contribution in [1.29, 1.82) is 0 Å². The Morgan fingerprint density at radius 3 is 2.23 bits per heavy atom. The number of benzene rings is 5. The van der Waals surface area contributed by atoms with Gasteiger partial charge in [0.25, 0.3) is 0 Å². The molecule has 0 bridgehead atoms. The lowest BCUT2D eigenvalue weighted by Gasteiger charge is -2.09. The van der Waals surface area contributed by atoms with E-state index in [0.717, 1.165) is 0 Å². The summed E-state index contributed by atoms with van der Waals surface area (Å²) < 4.78 is 5.14. The predicted octanol–water partition coefficient (Wildman–Crippen LogP) is 8.61. The Bertz CT molecular complexity index is 1780. The SMILES string of the molecule is Cc1ccc(-n2c3ccccc3c3cc4ccc5c6ccccc6sc5c4cc32)cc1. The number of thiophene rings is 1. The lowest BCUT2D eigenvalue weighted by molar-refractivity contribution is 1.18. The van der Waals surface area contributed by atoms with Crippen LogP contribution in [-0.2, 0) is 0 Å². The van der Waals surface area contributed by atoms with Gasteiger partial charge in [0.05, 0.1) is 11.0 Å². The molecule has 2 heterocycles. The molecule has 5 aromatic carbocycles. The van der Waals surface area contributed by atoms with Gasteiger partial charge >= 0.3 is 0 Å². The summed E-state index contributed by atoms with van der Waals surface area (Å²) >= 11 is 1.90. The van der Waals surface area contributed by atoms with Crippen LogP contribution >= 0.6 is 11.3 Å². The Kier molecular flexibility index (Phi) is 3.42. The zero-order valence-electron chi connectivity index (χ0n) is 17.1. The van der Waals surface area contributed by atoms with E-state index in [1.807, 2.05) is 11.3 Å². The summed E-state index contributed by atoms with van der Waals surface area (Å²) in [5, 5.41) is 7.95. The number of fused-ring (bicyclic) bond motifs is 8. The minimum Gasteiger partial charge on any atom is -0.309 e.